The van der Waals surface area contributed by atoms with Crippen molar-refractivity contribution in [2.45, 2.75) is 39.7 Å². The summed E-state index contributed by atoms with van der Waals surface area (Å²) in [6.07, 6.45) is 0.917. The van der Waals surface area contributed by atoms with Crippen LogP contribution in [0.3, 0.4) is 0 Å². The van der Waals surface area contributed by atoms with Gasteiger partial charge in [0.2, 0.25) is 5.91 Å². The number of esters is 1. The lowest BCUT2D eigenvalue weighted by molar-refractivity contribution is -0.148. The average molecular weight is 383 g/mol. The van der Waals surface area contributed by atoms with Crippen LogP contribution in [0.2, 0.25) is 0 Å². The minimum Gasteiger partial charge on any atom is -0.508 e. The number of phenolic OH excluding ortho intramolecular Hbond substituents is 1. The Kier molecular flexibility index (Phi) is 8.05. The van der Waals surface area contributed by atoms with E-state index in [1.807, 2.05) is 44.2 Å². The fourth-order valence-corrected chi connectivity index (χ4v) is 3.08. The Labute approximate surface area is 166 Å². The summed E-state index contributed by atoms with van der Waals surface area (Å²) in [7, 11) is 0. The number of carbonyl (C=O) groups excluding carboxylic acids is 2. The smallest absolute Gasteiger partial charge is 0.328 e. The van der Waals surface area contributed by atoms with Gasteiger partial charge in [-0.15, -0.1) is 0 Å². The highest BCUT2D eigenvalue weighted by Crippen LogP contribution is 2.19. The Morgan fingerprint density at radius 1 is 0.964 bits per heavy atom. The molecule has 0 heterocycles. The molecule has 2 rings (SSSR count). The van der Waals surface area contributed by atoms with Gasteiger partial charge in [-0.1, -0.05) is 56.3 Å². The Morgan fingerprint density at radius 3 is 2.14 bits per heavy atom. The van der Waals surface area contributed by atoms with Gasteiger partial charge in [0.25, 0.3) is 0 Å². The lowest BCUT2D eigenvalue weighted by Gasteiger charge is -2.24. The van der Waals surface area contributed by atoms with Gasteiger partial charge in [0, 0.05) is 12.3 Å². The quantitative estimate of drug-likeness (QED) is 0.650. The third kappa shape index (κ3) is 6.41. The summed E-state index contributed by atoms with van der Waals surface area (Å²) in [5, 5.41) is 12.3. The zero-order chi connectivity index (χ0) is 20.5. The maximum atomic E-state index is 13.0. The molecule has 5 heteroatoms. The predicted molar refractivity (Wildman–Crippen MR) is 109 cm³/mol. The molecule has 2 atom stereocenters. The van der Waals surface area contributed by atoms with Gasteiger partial charge in [0.1, 0.15) is 11.8 Å². The molecule has 5 nitrogen and oxygen atoms in total. The van der Waals surface area contributed by atoms with Crippen molar-refractivity contribution in [1.82, 2.24) is 5.32 Å². The molecular weight excluding hydrogens is 354 g/mol. The molecule has 2 aromatic rings. The van der Waals surface area contributed by atoms with E-state index in [1.54, 1.807) is 31.2 Å². The van der Waals surface area contributed by atoms with Crippen molar-refractivity contribution in [1.29, 1.82) is 0 Å². The van der Waals surface area contributed by atoms with Gasteiger partial charge in [-0.25, -0.2) is 4.79 Å². The van der Waals surface area contributed by atoms with E-state index in [-0.39, 0.29) is 30.1 Å². The number of benzene rings is 2. The Morgan fingerprint density at radius 2 is 1.57 bits per heavy atom. The maximum Gasteiger partial charge on any atom is 0.328 e. The summed E-state index contributed by atoms with van der Waals surface area (Å²) in [4.78, 5) is 25.4. The largest absolute Gasteiger partial charge is 0.508 e. The van der Waals surface area contributed by atoms with Crippen LogP contribution in [-0.2, 0) is 27.2 Å². The number of aromatic hydroxyl groups is 1. The molecule has 0 fully saturated rings. The summed E-state index contributed by atoms with van der Waals surface area (Å²) in [5.41, 5.74) is 1.92. The van der Waals surface area contributed by atoms with E-state index in [1.165, 1.54) is 0 Å². The first-order valence-electron chi connectivity index (χ1n) is 9.69. The van der Waals surface area contributed by atoms with Crippen molar-refractivity contribution < 1.29 is 19.4 Å². The molecule has 150 valence electrons. The minimum absolute atomic E-state index is 0.122. The van der Waals surface area contributed by atoms with Crippen LogP contribution in [-0.4, -0.2) is 29.6 Å². The first-order chi connectivity index (χ1) is 13.4. The molecule has 0 saturated heterocycles. The van der Waals surface area contributed by atoms with E-state index in [2.05, 4.69) is 5.32 Å². The third-order valence-corrected chi connectivity index (χ3v) is 4.70. The van der Waals surface area contributed by atoms with Crippen LogP contribution in [0.25, 0.3) is 0 Å². The number of phenols is 1. The summed E-state index contributed by atoms with van der Waals surface area (Å²) >= 11 is 0. The molecule has 28 heavy (non-hydrogen) atoms. The summed E-state index contributed by atoms with van der Waals surface area (Å²) in [6, 6.07) is 15.7. The van der Waals surface area contributed by atoms with Crippen LogP contribution in [0.4, 0.5) is 0 Å². The van der Waals surface area contributed by atoms with Crippen LogP contribution in [0.5, 0.6) is 5.75 Å². The van der Waals surface area contributed by atoms with Crippen molar-refractivity contribution in [2.24, 2.45) is 11.8 Å². The van der Waals surface area contributed by atoms with Gasteiger partial charge in [0.05, 0.1) is 6.61 Å². The fourth-order valence-electron chi connectivity index (χ4n) is 3.08. The fraction of sp³-hybridized carbons (Fsp3) is 0.391. The van der Waals surface area contributed by atoms with E-state index in [9.17, 15) is 14.7 Å². The van der Waals surface area contributed by atoms with E-state index < -0.39 is 12.0 Å². The molecule has 0 spiro atoms. The zero-order valence-corrected chi connectivity index (χ0v) is 16.7. The second kappa shape index (κ2) is 10.5. The van der Waals surface area contributed by atoms with E-state index in [0.717, 1.165) is 11.1 Å². The molecule has 0 aliphatic heterocycles. The first-order valence-corrected chi connectivity index (χ1v) is 9.69. The lowest BCUT2D eigenvalue weighted by Crippen LogP contribution is -2.47. The highest BCUT2D eigenvalue weighted by atomic mass is 16.5. The Bertz CT molecular complexity index is 756. The van der Waals surface area contributed by atoms with Gasteiger partial charge in [-0.2, -0.15) is 0 Å². The molecule has 0 aliphatic carbocycles. The summed E-state index contributed by atoms with van der Waals surface area (Å²) < 4.78 is 5.16. The second-order valence-corrected chi connectivity index (χ2v) is 7.22. The van der Waals surface area contributed by atoms with Crippen LogP contribution < -0.4 is 5.32 Å². The molecule has 2 aromatic carbocycles. The molecular formula is C23H29NO4. The second-order valence-electron chi connectivity index (χ2n) is 7.22. The number of nitrogens with one attached hydrogen (secondary N) is 1. The van der Waals surface area contributed by atoms with Gasteiger partial charge in [0.15, 0.2) is 0 Å². The number of hydrogen-bond donors (Lipinski definition) is 2. The molecule has 1 amide bonds. The van der Waals surface area contributed by atoms with Crippen LogP contribution >= 0.6 is 0 Å². The average Bonchev–Trinajstić information content (AvgIpc) is 2.68. The van der Waals surface area contributed by atoms with E-state index in [0.29, 0.717) is 12.8 Å². The molecule has 2 N–H and O–H groups in total. The zero-order valence-electron chi connectivity index (χ0n) is 16.7. The summed E-state index contributed by atoms with van der Waals surface area (Å²) in [5.74, 6) is -0.583. The van der Waals surface area contributed by atoms with Crippen LogP contribution in [0, 0.1) is 11.8 Å². The normalized spacial score (nSPS) is 13.0. The van der Waals surface area contributed by atoms with Crippen LogP contribution in [0.1, 0.15) is 31.9 Å². The molecule has 1 unspecified atom stereocenters. The number of rotatable bonds is 9. The molecule has 0 radical (unpaired) electrons. The van der Waals surface area contributed by atoms with Gasteiger partial charge >= 0.3 is 5.97 Å². The third-order valence-electron chi connectivity index (χ3n) is 4.70. The molecule has 0 saturated carbocycles. The number of ether oxygens (including phenoxy) is 1. The van der Waals surface area contributed by atoms with E-state index >= 15 is 0 Å². The van der Waals surface area contributed by atoms with Gasteiger partial charge in [-0.3, -0.25) is 4.79 Å². The number of hydrogen-bond acceptors (Lipinski definition) is 4. The highest BCUT2D eigenvalue weighted by Gasteiger charge is 2.28. The van der Waals surface area contributed by atoms with Gasteiger partial charge in [-0.05, 0) is 42.5 Å². The molecule has 0 aromatic heterocycles. The maximum absolute atomic E-state index is 13.0. The van der Waals surface area contributed by atoms with Crippen molar-refractivity contribution in [2.75, 3.05) is 6.61 Å². The van der Waals surface area contributed by atoms with E-state index in [4.69, 9.17) is 4.74 Å². The minimum atomic E-state index is -0.769. The lowest BCUT2D eigenvalue weighted by atomic mass is 9.88. The topological polar surface area (TPSA) is 75.6 Å². The van der Waals surface area contributed by atoms with Crippen molar-refractivity contribution >= 4 is 11.9 Å². The van der Waals surface area contributed by atoms with Crippen molar-refractivity contribution in [3.8, 4) is 5.75 Å². The first kappa shape index (κ1) is 21.5. The van der Waals surface area contributed by atoms with Crippen molar-refractivity contribution in [3.63, 3.8) is 0 Å². The summed E-state index contributed by atoms with van der Waals surface area (Å²) in [6.45, 7) is 6.00. The monoisotopic (exact) mass is 383 g/mol. The Balaban J connectivity index is 2.14. The predicted octanol–water partition coefficient (Wildman–Crippen LogP) is 3.50. The SMILES string of the molecule is CCOC(=O)[C@H](Cc1ccc(O)cc1)NC(=O)C(Cc1ccccc1)C(C)C. The molecule has 0 bridgehead atoms. The number of carbonyl (C=O) groups is 2. The molecule has 0 aliphatic rings. The van der Waals surface area contributed by atoms with Crippen molar-refractivity contribution in [3.05, 3.63) is 65.7 Å². The number of amides is 1. The standard InChI is InChI=1S/C23H29NO4/c1-4-28-23(27)21(15-18-10-12-19(25)13-11-18)24-22(26)20(16(2)3)14-17-8-6-5-7-9-17/h5-13,16,20-21,25H,4,14-15H2,1-3H3,(H,24,26)/t20?,21-/m0/s1. The highest BCUT2D eigenvalue weighted by molar-refractivity contribution is 5.86. The van der Waals surface area contributed by atoms with Gasteiger partial charge < -0.3 is 15.2 Å². The van der Waals surface area contributed by atoms with Crippen LogP contribution in [0.15, 0.2) is 54.6 Å². The Hall–Kier alpha value is -2.82.